The first-order valence-corrected chi connectivity index (χ1v) is 23.8. The van der Waals surface area contributed by atoms with E-state index in [1.807, 2.05) is 6.07 Å². The molecule has 1 heterocycles. The highest BCUT2D eigenvalue weighted by Crippen LogP contribution is 2.63. The molecule has 0 radical (unpaired) electrons. The van der Waals surface area contributed by atoms with E-state index in [-0.39, 0.29) is 0 Å². The van der Waals surface area contributed by atoms with Crippen molar-refractivity contribution in [3.8, 4) is 66.8 Å². The van der Waals surface area contributed by atoms with Crippen molar-refractivity contribution in [1.82, 2.24) is 0 Å². The number of para-hydroxylation sites is 2. The zero-order valence-corrected chi connectivity index (χ0v) is 37.7. The summed E-state index contributed by atoms with van der Waals surface area (Å²) in [6, 6.07) is 95.4. The lowest BCUT2D eigenvalue weighted by atomic mass is 9.70. The first-order valence-electron chi connectivity index (χ1n) is 23.8. The third kappa shape index (κ3) is 5.99. The number of nitrogens with zero attached hydrogens (tertiary/aromatic N) is 1. The van der Waals surface area contributed by atoms with Gasteiger partial charge in [-0.2, -0.15) is 0 Å². The molecule has 2 heteroatoms. The van der Waals surface area contributed by atoms with Gasteiger partial charge in [-0.15, -0.1) is 0 Å². The first-order chi connectivity index (χ1) is 34.2. The zero-order chi connectivity index (χ0) is 45.5. The van der Waals surface area contributed by atoms with Crippen LogP contribution in [0.5, 0.6) is 0 Å². The van der Waals surface area contributed by atoms with E-state index in [9.17, 15) is 0 Å². The summed E-state index contributed by atoms with van der Waals surface area (Å²) in [6.45, 7) is 0. The lowest BCUT2D eigenvalue weighted by Crippen LogP contribution is -2.25. The molecule has 0 bridgehead atoms. The van der Waals surface area contributed by atoms with Crippen molar-refractivity contribution in [2.75, 3.05) is 4.90 Å². The Balaban J connectivity index is 0.999. The maximum atomic E-state index is 6.78. The molecule has 2 aliphatic rings. The van der Waals surface area contributed by atoms with Gasteiger partial charge in [-0.05, 0) is 132 Å². The smallest absolute Gasteiger partial charge is 0.143 e. The van der Waals surface area contributed by atoms with Crippen molar-refractivity contribution in [2.45, 2.75) is 5.41 Å². The number of hydrogen-bond donors (Lipinski definition) is 0. The SMILES string of the molecule is c1ccc(-c2ccc(N(c3ccc(-c4ccccc4)cc3)c3ccc(-c4cccc5c4oc4ccccc45)c(-c4ccc5c(c4)-c4ccccc4C54c5ccccc5-c5ccccc54)c3)cc2)cc1. The van der Waals surface area contributed by atoms with Gasteiger partial charge in [-0.3, -0.25) is 0 Å². The molecule has 0 N–H and O–H groups in total. The topological polar surface area (TPSA) is 16.4 Å². The minimum atomic E-state index is -0.420. The number of fused-ring (bicyclic) bond motifs is 13. The molecule has 14 rings (SSSR count). The van der Waals surface area contributed by atoms with Crippen LogP contribution in [0.4, 0.5) is 17.1 Å². The lowest BCUT2D eigenvalue weighted by molar-refractivity contribution is 0.670. The number of furan rings is 1. The van der Waals surface area contributed by atoms with E-state index in [0.717, 1.165) is 61.3 Å². The Kier molecular flexibility index (Phi) is 8.84. The molecule has 0 atom stereocenters. The third-order valence-electron chi connectivity index (χ3n) is 14.7. The van der Waals surface area contributed by atoms with Gasteiger partial charge >= 0.3 is 0 Å². The van der Waals surface area contributed by atoms with Crippen molar-refractivity contribution >= 4 is 39.0 Å². The first kappa shape index (κ1) is 39.2. The van der Waals surface area contributed by atoms with E-state index in [0.29, 0.717) is 0 Å². The normalized spacial score (nSPS) is 12.8. The molecular formula is C67H43NO. The number of rotatable bonds is 7. The summed E-state index contributed by atoms with van der Waals surface area (Å²) in [6.07, 6.45) is 0. The van der Waals surface area contributed by atoms with Crippen LogP contribution in [0.1, 0.15) is 22.3 Å². The lowest BCUT2D eigenvalue weighted by Gasteiger charge is -2.30. The molecule has 0 fully saturated rings. The molecule has 0 amide bonds. The van der Waals surface area contributed by atoms with Gasteiger partial charge in [0.15, 0.2) is 0 Å². The van der Waals surface area contributed by atoms with Gasteiger partial charge in [0.2, 0.25) is 0 Å². The second-order valence-corrected chi connectivity index (χ2v) is 18.3. The molecule has 322 valence electrons. The Bertz CT molecular complexity index is 3810. The Morgan fingerprint density at radius 3 is 1.32 bits per heavy atom. The van der Waals surface area contributed by atoms with Gasteiger partial charge in [0.25, 0.3) is 0 Å². The van der Waals surface area contributed by atoms with Gasteiger partial charge in [0, 0.05) is 33.4 Å². The number of anilines is 3. The summed E-state index contributed by atoms with van der Waals surface area (Å²) < 4.78 is 6.78. The number of benzene rings is 11. The predicted octanol–water partition coefficient (Wildman–Crippen LogP) is 18.1. The van der Waals surface area contributed by atoms with Crippen molar-refractivity contribution in [2.24, 2.45) is 0 Å². The molecule has 0 unspecified atom stereocenters. The molecule has 2 nitrogen and oxygen atoms in total. The minimum Gasteiger partial charge on any atom is -0.455 e. The van der Waals surface area contributed by atoms with Crippen LogP contribution < -0.4 is 4.90 Å². The standard InChI is InChI=1S/C67H43NO/c1-3-16-44(17-4-1)46-30-35-49(36-31-46)68(50-37-32-47(33-38-50)45-18-5-2-6-19-45)51-39-40-52(57-24-15-25-58-56-23-10-14-29-65(56)69-66(57)58)59(43-51)48-34-41-64-60(42-48)55-22-9-13-28-63(55)67(64)61-26-11-7-20-53(61)54-21-8-12-27-62(54)67/h1-43H. The predicted molar refractivity (Wildman–Crippen MR) is 286 cm³/mol. The van der Waals surface area contributed by atoms with Gasteiger partial charge in [0.1, 0.15) is 11.2 Å². The van der Waals surface area contributed by atoms with E-state index in [2.05, 4.69) is 260 Å². The van der Waals surface area contributed by atoms with Gasteiger partial charge < -0.3 is 9.32 Å². The van der Waals surface area contributed by atoms with Crippen LogP contribution in [0.25, 0.3) is 88.7 Å². The Morgan fingerprint density at radius 1 is 0.261 bits per heavy atom. The second kappa shape index (κ2) is 15.6. The molecule has 0 aliphatic heterocycles. The Hall–Kier alpha value is -8.98. The molecule has 0 saturated heterocycles. The number of hydrogen-bond acceptors (Lipinski definition) is 2. The fraction of sp³-hybridized carbons (Fsp3) is 0.0149. The monoisotopic (exact) mass is 877 g/mol. The average Bonchev–Trinajstić information content (AvgIpc) is 4.06. The van der Waals surface area contributed by atoms with Crippen LogP contribution in [0.3, 0.4) is 0 Å². The summed E-state index contributed by atoms with van der Waals surface area (Å²) in [7, 11) is 0. The summed E-state index contributed by atoms with van der Waals surface area (Å²) in [4.78, 5) is 2.39. The van der Waals surface area contributed by atoms with E-state index >= 15 is 0 Å². The van der Waals surface area contributed by atoms with Crippen molar-refractivity contribution in [1.29, 1.82) is 0 Å². The third-order valence-corrected chi connectivity index (χ3v) is 14.7. The summed E-state index contributed by atoms with van der Waals surface area (Å²) in [5, 5.41) is 2.23. The highest BCUT2D eigenvalue weighted by molar-refractivity contribution is 6.11. The average molecular weight is 878 g/mol. The van der Waals surface area contributed by atoms with Crippen molar-refractivity contribution in [3.05, 3.63) is 283 Å². The largest absolute Gasteiger partial charge is 0.455 e. The van der Waals surface area contributed by atoms with E-state index < -0.39 is 5.41 Å². The van der Waals surface area contributed by atoms with Gasteiger partial charge in [0.05, 0.1) is 5.41 Å². The Labute approximate surface area is 401 Å². The van der Waals surface area contributed by atoms with E-state index in [1.54, 1.807) is 0 Å². The maximum Gasteiger partial charge on any atom is 0.143 e. The van der Waals surface area contributed by atoms with Crippen LogP contribution >= 0.6 is 0 Å². The van der Waals surface area contributed by atoms with Crippen LogP contribution in [-0.4, -0.2) is 0 Å². The molecule has 1 spiro atoms. The van der Waals surface area contributed by atoms with Crippen LogP contribution in [0.15, 0.2) is 265 Å². The fourth-order valence-electron chi connectivity index (χ4n) is 11.7. The zero-order valence-electron chi connectivity index (χ0n) is 37.7. The summed E-state index contributed by atoms with van der Waals surface area (Å²) in [5.41, 5.74) is 24.2. The molecule has 69 heavy (non-hydrogen) atoms. The van der Waals surface area contributed by atoms with Crippen molar-refractivity contribution in [3.63, 3.8) is 0 Å². The van der Waals surface area contributed by atoms with Gasteiger partial charge in [-0.1, -0.05) is 212 Å². The molecule has 11 aromatic carbocycles. The summed E-state index contributed by atoms with van der Waals surface area (Å²) in [5.74, 6) is 0. The maximum absolute atomic E-state index is 6.78. The molecular weight excluding hydrogens is 835 g/mol. The minimum absolute atomic E-state index is 0.420. The van der Waals surface area contributed by atoms with E-state index in [4.69, 9.17) is 4.42 Å². The molecule has 0 saturated carbocycles. The Morgan fingerprint density at radius 2 is 0.710 bits per heavy atom. The molecule has 2 aliphatic carbocycles. The summed E-state index contributed by atoms with van der Waals surface area (Å²) >= 11 is 0. The molecule has 12 aromatic rings. The van der Waals surface area contributed by atoms with Crippen LogP contribution in [0.2, 0.25) is 0 Å². The van der Waals surface area contributed by atoms with Crippen LogP contribution in [0, 0.1) is 0 Å². The van der Waals surface area contributed by atoms with Crippen LogP contribution in [-0.2, 0) is 5.41 Å². The highest BCUT2D eigenvalue weighted by atomic mass is 16.3. The van der Waals surface area contributed by atoms with E-state index in [1.165, 1.54) is 66.8 Å². The van der Waals surface area contributed by atoms with Crippen molar-refractivity contribution < 1.29 is 4.42 Å². The van der Waals surface area contributed by atoms with Gasteiger partial charge in [-0.25, -0.2) is 0 Å². The molecule has 1 aromatic heterocycles. The fourth-order valence-corrected chi connectivity index (χ4v) is 11.7. The second-order valence-electron chi connectivity index (χ2n) is 18.3. The highest BCUT2D eigenvalue weighted by Gasteiger charge is 2.51. The quantitative estimate of drug-likeness (QED) is 0.159.